The van der Waals surface area contributed by atoms with Crippen LogP contribution >= 0.6 is 0 Å². The Morgan fingerprint density at radius 3 is 2.77 bits per heavy atom. The van der Waals surface area contributed by atoms with Gasteiger partial charge in [-0.1, -0.05) is 0 Å². The smallest absolute Gasteiger partial charge is 0.336 e. The number of carbonyl (C=O) groups excluding carboxylic acids is 1. The quantitative estimate of drug-likeness (QED) is 0.840. The van der Waals surface area contributed by atoms with E-state index in [2.05, 4.69) is 10.2 Å². The highest BCUT2D eigenvalue weighted by atomic mass is 16.4. The Morgan fingerprint density at radius 1 is 1.15 bits per heavy atom. The van der Waals surface area contributed by atoms with Crippen LogP contribution in [0.3, 0.4) is 0 Å². The van der Waals surface area contributed by atoms with Gasteiger partial charge in [0.1, 0.15) is 5.58 Å². The largest absolute Gasteiger partial charge is 0.423 e. The van der Waals surface area contributed by atoms with E-state index < -0.39 is 0 Å². The van der Waals surface area contributed by atoms with Gasteiger partial charge in [0, 0.05) is 42.3 Å². The van der Waals surface area contributed by atoms with Gasteiger partial charge in [0.2, 0.25) is 0 Å². The highest BCUT2D eigenvalue weighted by molar-refractivity contribution is 5.92. The summed E-state index contributed by atoms with van der Waals surface area (Å²) >= 11 is 0. The fourth-order valence-electron chi connectivity index (χ4n) is 4.15. The van der Waals surface area contributed by atoms with Crippen LogP contribution in [0, 0.1) is 6.92 Å². The van der Waals surface area contributed by atoms with E-state index in [9.17, 15) is 9.59 Å². The minimum absolute atomic E-state index is 0.0803. The summed E-state index contributed by atoms with van der Waals surface area (Å²) in [6.45, 7) is 5.77. The van der Waals surface area contributed by atoms with Crippen molar-refractivity contribution in [3.63, 3.8) is 0 Å². The molecular formula is C20H25N3O3. The molecule has 2 aliphatic rings. The van der Waals surface area contributed by atoms with E-state index in [1.54, 1.807) is 6.07 Å². The lowest BCUT2D eigenvalue weighted by Gasteiger charge is -2.37. The zero-order chi connectivity index (χ0) is 18.1. The summed E-state index contributed by atoms with van der Waals surface area (Å²) in [5.41, 5.74) is 1.66. The predicted molar refractivity (Wildman–Crippen MR) is 102 cm³/mol. The first kappa shape index (κ1) is 17.1. The van der Waals surface area contributed by atoms with Crippen LogP contribution in [-0.4, -0.2) is 48.1 Å². The Kier molecular flexibility index (Phi) is 4.68. The molecule has 6 heteroatoms. The molecule has 2 amide bonds. The minimum atomic E-state index is -0.372. The third-order valence-electron chi connectivity index (χ3n) is 5.54. The number of benzene rings is 1. The summed E-state index contributed by atoms with van der Waals surface area (Å²) in [5, 5.41) is 3.84. The first-order chi connectivity index (χ1) is 12.6. The Balaban J connectivity index is 1.47. The van der Waals surface area contributed by atoms with Crippen LogP contribution in [0.2, 0.25) is 0 Å². The summed E-state index contributed by atoms with van der Waals surface area (Å²) < 4.78 is 5.27. The van der Waals surface area contributed by atoms with Crippen LogP contribution in [0.15, 0.2) is 33.5 Å². The highest BCUT2D eigenvalue weighted by Crippen LogP contribution is 2.23. The molecule has 0 aliphatic carbocycles. The molecule has 0 unspecified atom stereocenters. The molecule has 0 radical (unpaired) electrons. The third kappa shape index (κ3) is 3.46. The maximum atomic E-state index is 12.7. The second-order valence-electron chi connectivity index (χ2n) is 7.37. The highest BCUT2D eigenvalue weighted by Gasteiger charge is 2.29. The number of nitrogens with zero attached hydrogens (tertiary/aromatic N) is 2. The number of likely N-dealkylation sites (tertiary alicyclic amines) is 2. The van der Waals surface area contributed by atoms with Gasteiger partial charge in [-0.25, -0.2) is 9.59 Å². The summed E-state index contributed by atoms with van der Waals surface area (Å²) in [7, 11) is 0. The number of urea groups is 1. The molecule has 0 spiro atoms. The molecule has 2 saturated heterocycles. The molecule has 3 heterocycles. The lowest BCUT2D eigenvalue weighted by atomic mass is 10.0. The molecule has 1 aromatic heterocycles. The first-order valence-electron chi connectivity index (χ1n) is 9.45. The monoisotopic (exact) mass is 355 g/mol. The molecule has 2 fully saturated rings. The zero-order valence-electron chi connectivity index (χ0n) is 15.2. The van der Waals surface area contributed by atoms with Crippen molar-refractivity contribution >= 4 is 22.7 Å². The van der Waals surface area contributed by atoms with Crippen LogP contribution < -0.4 is 10.9 Å². The zero-order valence-corrected chi connectivity index (χ0v) is 15.2. The van der Waals surface area contributed by atoms with Gasteiger partial charge in [0.05, 0.1) is 0 Å². The molecule has 138 valence electrons. The maximum Gasteiger partial charge on any atom is 0.336 e. The molecular weight excluding hydrogens is 330 g/mol. The first-order valence-corrected chi connectivity index (χ1v) is 9.45. The molecule has 2 aliphatic heterocycles. The number of aryl methyl sites for hydroxylation is 1. The van der Waals surface area contributed by atoms with Crippen molar-refractivity contribution in [1.29, 1.82) is 0 Å². The van der Waals surface area contributed by atoms with Crippen molar-refractivity contribution in [3.8, 4) is 0 Å². The Morgan fingerprint density at radius 2 is 1.96 bits per heavy atom. The van der Waals surface area contributed by atoms with Gasteiger partial charge in [-0.3, -0.25) is 4.90 Å². The Hall–Kier alpha value is -2.34. The molecule has 2 aromatic rings. The van der Waals surface area contributed by atoms with E-state index in [0.29, 0.717) is 17.3 Å². The second-order valence-corrected chi connectivity index (χ2v) is 7.37. The molecule has 1 atom stereocenters. The average Bonchev–Trinajstić information content (AvgIpc) is 3.16. The van der Waals surface area contributed by atoms with E-state index in [1.807, 2.05) is 24.0 Å². The molecule has 26 heavy (non-hydrogen) atoms. The SMILES string of the molecule is Cc1cc(=O)oc2cc(NC(=O)N3CCC[C@H](N4CCCC4)C3)ccc12. The maximum absolute atomic E-state index is 12.7. The number of carbonyl (C=O) groups is 1. The number of hydrogen-bond acceptors (Lipinski definition) is 4. The molecule has 0 bridgehead atoms. The van der Waals surface area contributed by atoms with Crippen molar-refractivity contribution < 1.29 is 9.21 Å². The van der Waals surface area contributed by atoms with Gasteiger partial charge in [0.25, 0.3) is 0 Å². The number of nitrogens with one attached hydrogen (secondary N) is 1. The number of fused-ring (bicyclic) bond motifs is 1. The Bertz CT molecular complexity index is 870. The van der Waals surface area contributed by atoms with Gasteiger partial charge >= 0.3 is 11.7 Å². The molecule has 6 nitrogen and oxygen atoms in total. The average molecular weight is 355 g/mol. The molecule has 0 saturated carbocycles. The summed E-state index contributed by atoms with van der Waals surface area (Å²) in [5.74, 6) is 0. The van der Waals surface area contributed by atoms with E-state index in [4.69, 9.17) is 4.42 Å². The van der Waals surface area contributed by atoms with Gasteiger partial charge in [-0.2, -0.15) is 0 Å². The standard InChI is InChI=1S/C20H25N3O3/c1-14-11-19(24)26-18-12-15(6-7-17(14)18)21-20(25)23-10-4-5-16(13-23)22-8-2-3-9-22/h6-7,11-12,16H,2-5,8-10,13H2,1H3,(H,21,25)/t16-/m0/s1. The van der Waals surface area contributed by atoms with Crippen molar-refractivity contribution in [2.45, 2.75) is 38.6 Å². The summed E-state index contributed by atoms with van der Waals surface area (Å²) in [4.78, 5) is 28.7. The lowest BCUT2D eigenvalue weighted by Crippen LogP contribution is -2.50. The fraction of sp³-hybridized carbons (Fsp3) is 0.500. The lowest BCUT2D eigenvalue weighted by molar-refractivity contribution is 0.132. The number of anilines is 1. The van der Waals surface area contributed by atoms with Crippen LogP contribution in [0.5, 0.6) is 0 Å². The second kappa shape index (κ2) is 7.11. The van der Waals surface area contributed by atoms with E-state index in [1.165, 1.54) is 25.3 Å². The van der Waals surface area contributed by atoms with Crippen LogP contribution in [0.4, 0.5) is 10.5 Å². The van der Waals surface area contributed by atoms with E-state index in [0.717, 1.165) is 43.5 Å². The predicted octanol–water partition coefficient (Wildman–Crippen LogP) is 3.19. The summed E-state index contributed by atoms with van der Waals surface area (Å²) in [6.07, 6.45) is 4.75. The number of piperidine rings is 1. The molecule has 4 rings (SSSR count). The van der Waals surface area contributed by atoms with E-state index >= 15 is 0 Å². The Labute approximate surface area is 152 Å². The summed E-state index contributed by atoms with van der Waals surface area (Å²) in [6, 6.07) is 7.34. The van der Waals surface area contributed by atoms with Crippen molar-refractivity contribution in [2.75, 3.05) is 31.5 Å². The topological polar surface area (TPSA) is 65.8 Å². The van der Waals surface area contributed by atoms with Crippen LogP contribution in [0.1, 0.15) is 31.2 Å². The van der Waals surface area contributed by atoms with E-state index in [-0.39, 0.29) is 11.7 Å². The normalized spacial score (nSPS) is 21.3. The third-order valence-corrected chi connectivity index (χ3v) is 5.54. The van der Waals surface area contributed by atoms with Crippen molar-refractivity contribution in [3.05, 3.63) is 40.2 Å². The fourth-order valence-corrected chi connectivity index (χ4v) is 4.15. The minimum Gasteiger partial charge on any atom is -0.423 e. The van der Waals surface area contributed by atoms with Gasteiger partial charge < -0.3 is 14.6 Å². The number of amides is 2. The molecule has 1 aromatic carbocycles. The van der Waals surface area contributed by atoms with Crippen LogP contribution in [-0.2, 0) is 0 Å². The van der Waals surface area contributed by atoms with Gasteiger partial charge in [-0.15, -0.1) is 0 Å². The van der Waals surface area contributed by atoms with Crippen molar-refractivity contribution in [2.24, 2.45) is 0 Å². The number of rotatable bonds is 2. The van der Waals surface area contributed by atoms with Crippen LogP contribution in [0.25, 0.3) is 11.0 Å². The van der Waals surface area contributed by atoms with Gasteiger partial charge in [0.15, 0.2) is 0 Å². The van der Waals surface area contributed by atoms with Gasteiger partial charge in [-0.05, 0) is 63.4 Å². The molecule has 1 N–H and O–H groups in total. The van der Waals surface area contributed by atoms with Crippen molar-refractivity contribution in [1.82, 2.24) is 9.80 Å². The number of hydrogen-bond donors (Lipinski definition) is 1.